The molecule has 0 bridgehead atoms. The Bertz CT molecular complexity index is 1160. The van der Waals surface area contributed by atoms with E-state index in [1.807, 2.05) is 60.5 Å². The molecule has 0 aliphatic carbocycles. The second-order valence-electron chi connectivity index (χ2n) is 9.06. The van der Waals surface area contributed by atoms with E-state index in [-0.39, 0.29) is 11.8 Å². The Morgan fingerprint density at radius 1 is 1.06 bits per heavy atom. The average Bonchev–Trinajstić information content (AvgIpc) is 3.28. The lowest BCUT2D eigenvalue weighted by molar-refractivity contribution is -0.111. The number of aromatic nitrogens is 2. The van der Waals surface area contributed by atoms with Crippen LogP contribution in [0.5, 0.6) is 0 Å². The number of carbonyl (C=O) groups is 2. The molecule has 1 aromatic heterocycles. The van der Waals surface area contributed by atoms with Crippen LogP contribution in [0.1, 0.15) is 41.8 Å². The van der Waals surface area contributed by atoms with Crippen LogP contribution in [0.2, 0.25) is 0 Å². The minimum atomic E-state index is -0.254. The molecule has 0 spiro atoms. The van der Waals surface area contributed by atoms with Crippen molar-refractivity contribution in [2.24, 2.45) is 11.8 Å². The van der Waals surface area contributed by atoms with Crippen molar-refractivity contribution >= 4 is 23.6 Å². The number of rotatable bonds is 5. The van der Waals surface area contributed by atoms with Crippen LogP contribution < -0.4 is 5.32 Å². The smallest absolute Gasteiger partial charge is 0.253 e. The second-order valence-corrected chi connectivity index (χ2v) is 9.06. The van der Waals surface area contributed by atoms with E-state index in [2.05, 4.69) is 24.3 Å². The van der Waals surface area contributed by atoms with Gasteiger partial charge in [0.1, 0.15) is 0 Å². The standard InChI is InChI=1S/C27H30N4O2/c1-19-13-20(2)17-30(16-19)27(33)23-11-9-21(3)25(14-23)29-26(32)12-10-22-15-28-31(18-22)24-7-5-4-6-8-24/h4-12,14-15,18-20H,13,16-17H2,1-3H3,(H,29,32)/b12-10+. The highest BCUT2D eigenvalue weighted by Crippen LogP contribution is 2.24. The maximum atomic E-state index is 13.1. The van der Waals surface area contributed by atoms with E-state index in [1.165, 1.54) is 6.08 Å². The van der Waals surface area contributed by atoms with Gasteiger partial charge in [-0.25, -0.2) is 4.68 Å². The third-order valence-corrected chi connectivity index (χ3v) is 5.95. The first-order valence-corrected chi connectivity index (χ1v) is 11.4. The molecule has 6 nitrogen and oxygen atoms in total. The van der Waals surface area contributed by atoms with E-state index in [0.29, 0.717) is 23.1 Å². The number of benzene rings is 2. The van der Waals surface area contributed by atoms with Gasteiger partial charge in [-0.05, 0) is 61.1 Å². The molecule has 1 fully saturated rings. The molecular weight excluding hydrogens is 412 g/mol. The van der Waals surface area contributed by atoms with Gasteiger partial charge >= 0.3 is 0 Å². The van der Waals surface area contributed by atoms with Crippen molar-refractivity contribution in [3.8, 4) is 5.69 Å². The normalized spacial score (nSPS) is 18.5. The number of aryl methyl sites for hydroxylation is 1. The van der Waals surface area contributed by atoms with E-state index >= 15 is 0 Å². The molecular formula is C27H30N4O2. The zero-order valence-corrected chi connectivity index (χ0v) is 19.4. The highest BCUT2D eigenvalue weighted by molar-refractivity contribution is 6.03. The van der Waals surface area contributed by atoms with Gasteiger partial charge in [-0.1, -0.05) is 38.1 Å². The van der Waals surface area contributed by atoms with Crippen molar-refractivity contribution in [2.45, 2.75) is 27.2 Å². The first kappa shape index (κ1) is 22.5. The fourth-order valence-corrected chi connectivity index (χ4v) is 4.39. The number of piperidine rings is 1. The Morgan fingerprint density at radius 2 is 1.79 bits per heavy atom. The van der Waals surface area contributed by atoms with E-state index in [1.54, 1.807) is 23.0 Å². The van der Waals surface area contributed by atoms with Crippen LogP contribution in [0.3, 0.4) is 0 Å². The van der Waals surface area contributed by atoms with Gasteiger partial charge in [0.25, 0.3) is 5.91 Å². The molecule has 170 valence electrons. The topological polar surface area (TPSA) is 67.2 Å². The van der Waals surface area contributed by atoms with E-state index in [0.717, 1.165) is 36.3 Å². The number of amides is 2. The number of nitrogens with one attached hydrogen (secondary N) is 1. The molecule has 1 aliphatic rings. The minimum Gasteiger partial charge on any atom is -0.338 e. The lowest BCUT2D eigenvalue weighted by Crippen LogP contribution is -2.42. The number of para-hydroxylation sites is 1. The molecule has 1 N–H and O–H groups in total. The number of hydrogen-bond acceptors (Lipinski definition) is 3. The van der Waals surface area contributed by atoms with E-state index < -0.39 is 0 Å². The number of anilines is 1. The zero-order chi connectivity index (χ0) is 23.4. The van der Waals surface area contributed by atoms with E-state index in [4.69, 9.17) is 0 Å². The maximum Gasteiger partial charge on any atom is 0.253 e. The summed E-state index contributed by atoms with van der Waals surface area (Å²) in [6.07, 6.45) is 7.93. The zero-order valence-electron chi connectivity index (χ0n) is 19.4. The van der Waals surface area contributed by atoms with Gasteiger partial charge in [-0.3, -0.25) is 9.59 Å². The monoisotopic (exact) mass is 442 g/mol. The number of nitrogens with zero attached hydrogens (tertiary/aromatic N) is 3. The summed E-state index contributed by atoms with van der Waals surface area (Å²) in [4.78, 5) is 27.6. The Labute approximate surface area is 194 Å². The van der Waals surface area contributed by atoms with Crippen LogP contribution in [0.4, 0.5) is 5.69 Å². The van der Waals surface area contributed by atoms with Crippen LogP contribution in [-0.4, -0.2) is 39.6 Å². The van der Waals surface area contributed by atoms with Crippen molar-refractivity contribution in [3.05, 3.63) is 83.7 Å². The molecule has 4 rings (SSSR count). The predicted octanol–water partition coefficient (Wildman–Crippen LogP) is 4.95. The molecule has 0 radical (unpaired) electrons. The molecule has 1 saturated heterocycles. The minimum absolute atomic E-state index is 0.0211. The molecule has 2 atom stereocenters. The molecule has 2 aromatic carbocycles. The van der Waals surface area contributed by atoms with Crippen LogP contribution in [-0.2, 0) is 4.79 Å². The maximum absolute atomic E-state index is 13.1. The summed E-state index contributed by atoms with van der Waals surface area (Å²) in [5, 5.41) is 7.25. The van der Waals surface area contributed by atoms with Crippen molar-refractivity contribution in [1.82, 2.24) is 14.7 Å². The quantitative estimate of drug-likeness (QED) is 0.569. The lowest BCUT2D eigenvalue weighted by Gasteiger charge is -2.35. The van der Waals surface area contributed by atoms with Crippen LogP contribution in [0.15, 0.2) is 67.0 Å². The summed E-state index contributed by atoms with van der Waals surface area (Å²) in [6.45, 7) is 7.85. The second kappa shape index (κ2) is 9.86. The van der Waals surface area contributed by atoms with Gasteiger partial charge in [0.2, 0.25) is 5.91 Å². The summed E-state index contributed by atoms with van der Waals surface area (Å²) in [5.74, 6) is 0.764. The number of likely N-dealkylation sites (tertiary alicyclic amines) is 1. The Hall–Kier alpha value is -3.67. The van der Waals surface area contributed by atoms with Crippen LogP contribution >= 0.6 is 0 Å². The molecule has 3 aromatic rings. The first-order chi connectivity index (χ1) is 15.9. The van der Waals surface area contributed by atoms with Gasteiger partial charge in [-0.15, -0.1) is 0 Å². The van der Waals surface area contributed by atoms with Crippen molar-refractivity contribution in [3.63, 3.8) is 0 Å². The van der Waals surface area contributed by atoms with Crippen molar-refractivity contribution in [2.75, 3.05) is 18.4 Å². The van der Waals surface area contributed by atoms with Crippen LogP contribution in [0, 0.1) is 18.8 Å². The molecule has 1 aliphatic heterocycles. The summed E-state index contributed by atoms with van der Waals surface area (Å²) in [6, 6.07) is 15.3. The van der Waals surface area contributed by atoms with Gasteiger partial charge in [0.15, 0.2) is 0 Å². The van der Waals surface area contributed by atoms with Crippen molar-refractivity contribution in [1.29, 1.82) is 0 Å². The molecule has 2 amide bonds. The first-order valence-electron chi connectivity index (χ1n) is 11.4. The number of hydrogen-bond donors (Lipinski definition) is 1. The van der Waals surface area contributed by atoms with Gasteiger partial charge < -0.3 is 10.2 Å². The van der Waals surface area contributed by atoms with Crippen LogP contribution in [0.25, 0.3) is 11.8 Å². The molecule has 6 heteroatoms. The summed E-state index contributed by atoms with van der Waals surface area (Å²) >= 11 is 0. The molecule has 0 saturated carbocycles. The fraction of sp³-hybridized carbons (Fsp3) is 0.296. The predicted molar refractivity (Wildman–Crippen MR) is 131 cm³/mol. The average molecular weight is 443 g/mol. The molecule has 2 heterocycles. The molecule has 33 heavy (non-hydrogen) atoms. The van der Waals surface area contributed by atoms with Gasteiger partial charge in [0.05, 0.1) is 11.9 Å². The van der Waals surface area contributed by atoms with Crippen molar-refractivity contribution < 1.29 is 9.59 Å². The third kappa shape index (κ3) is 5.58. The summed E-state index contributed by atoms with van der Waals surface area (Å²) in [5.41, 5.74) is 3.93. The van der Waals surface area contributed by atoms with E-state index in [9.17, 15) is 9.59 Å². The summed E-state index contributed by atoms with van der Waals surface area (Å²) < 4.78 is 1.76. The van der Waals surface area contributed by atoms with Gasteiger partial charge in [0, 0.05) is 42.2 Å². The number of carbonyl (C=O) groups excluding carboxylic acids is 2. The summed E-state index contributed by atoms with van der Waals surface area (Å²) in [7, 11) is 0. The molecule has 2 unspecified atom stereocenters. The fourth-order valence-electron chi connectivity index (χ4n) is 4.39. The van der Waals surface area contributed by atoms with Gasteiger partial charge in [-0.2, -0.15) is 5.10 Å². The Kier molecular flexibility index (Phi) is 6.73. The highest BCUT2D eigenvalue weighted by atomic mass is 16.2. The third-order valence-electron chi connectivity index (χ3n) is 5.95. The highest BCUT2D eigenvalue weighted by Gasteiger charge is 2.26. The SMILES string of the molecule is Cc1ccc(C(=O)N2CC(C)CC(C)C2)cc1NC(=O)/C=C/c1cnn(-c2ccccc2)c1. The Balaban J connectivity index is 1.43. The largest absolute Gasteiger partial charge is 0.338 e. The Morgan fingerprint density at radius 3 is 2.52 bits per heavy atom. The lowest BCUT2D eigenvalue weighted by atomic mass is 9.91.